The highest BCUT2D eigenvalue weighted by Crippen LogP contribution is 2.36. The molecule has 0 aliphatic carbocycles. The average molecular weight is 296 g/mol. The highest BCUT2D eigenvalue weighted by molar-refractivity contribution is 5.32. The van der Waals surface area contributed by atoms with Gasteiger partial charge in [0, 0.05) is 31.4 Å². The standard InChI is InChI=1S/C18H24N4/c1-15-16(12-22(20-15)17-5-3-2-4-6-17)11-21-10-8-18(14-21)7-9-19-13-18/h2-6,12,19H,7-11,13-14H2,1H3. The topological polar surface area (TPSA) is 33.1 Å². The molecule has 2 aliphatic heterocycles. The maximum atomic E-state index is 4.69. The molecule has 0 bridgehead atoms. The Kier molecular flexibility index (Phi) is 3.51. The number of hydrogen-bond donors (Lipinski definition) is 1. The van der Waals surface area contributed by atoms with Gasteiger partial charge in [-0.2, -0.15) is 5.10 Å². The molecule has 1 aromatic heterocycles. The van der Waals surface area contributed by atoms with Crippen molar-refractivity contribution in [3.63, 3.8) is 0 Å². The van der Waals surface area contributed by atoms with Crippen molar-refractivity contribution in [1.82, 2.24) is 20.0 Å². The number of benzene rings is 1. The summed E-state index contributed by atoms with van der Waals surface area (Å²) in [6.07, 6.45) is 4.88. The van der Waals surface area contributed by atoms with Crippen LogP contribution in [-0.2, 0) is 6.54 Å². The molecule has 2 fully saturated rings. The van der Waals surface area contributed by atoms with Crippen LogP contribution < -0.4 is 5.32 Å². The molecule has 1 spiro atoms. The first-order valence-corrected chi connectivity index (χ1v) is 8.28. The molecule has 2 aliphatic rings. The lowest BCUT2D eigenvalue weighted by Crippen LogP contribution is -2.29. The molecular weight excluding hydrogens is 272 g/mol. The predicted octanol–water partition coefficient (Wildman–Crippen LogP) is 2.37. The fraction of sp³-hybridized carbons (Fsp3) is 0.500. The van der Waals surface area contributed by atoms with E-state index < -0.39 is 0 Å². The maximum Gasteiger partial charge on any atom is 0.0645 e. The molecule has 0 saturated carbocycles. The number of rotatable bonds is 3. The van der Waals surface area contributed by atoms with E-state index in [2.05, 4.69) is 52.7 Å². The lowest BCUT2D eigenvalue weighted by molar-refractivity contribution is 0.268. The molecule has 116 valence electrons. The van der Waals surface area contributed by atoms with Crippen LogP contribution in [0.5, 0.6) is 0 Å². The Bertz CT molecular complexity index is 640. The highest BCUT2D eigenvalue weighted by Gasteiger charge is 2.40. The number of nitrogens with one attached hydrogen (secondary N) is 1. The molecule has 0 amide bonds. The summed E-state index contributed by atoms with van der Waals surface area (Å²) in [5.74, 6) is 0. The summed E-state index contributed by atoms with van der Waals surface area (Å²) >= 11 is 0. The van der Waals surface area contributed by atoms with Crippen LogP contribution in [0.3, 0.4) is 0 Å². The molecule has 4 heteroatoms. The third-order valence-electron chi connectivity index (χ3n) is 5.26. The van der Waals surface area contributed by atoms with Gasteiger partial charge in [-0.05, 0) is 50.4 Å². The Morgan fingerprint density at radius 2 is 2.09 bits per heavy atom. The summed E-state index contributed by atoms with van der Waals surface area (Å²) in [4.78, 5) is 2.60. The summed E-state index contributed by atoms with van der Waals surface area (Å²) in [5, 5.41) is 8.22. The minimum atomic E-state index is 0.545. The Labute approximate surface area is 132 Å². The summed E-state index contributed by atoms with van der Waals surface area (Å²) in [6, 6.07) is 10.4. The molecule has 1 N–H and O–H groups in total. The van der Waals surface area contributed by atoms with E-state index in [1.165, 1.54) is 44.6 Å². The van der Waals surface area contributed by atoms with Gasteiger partial charge in [-0.3, -0.25) is 4.90 Å². The normalized spacial score (nSPS) is 25.3. The molecular formula is C18H24N4. The number of para-hydroxylation sites is 1. The van der Waals surface area contributed by atoms with Crippen LogP contribution in [0.4, 0.5) is 0 Å². The summed E-state index contributed by atoms with van der Waals surface area (Å²) < 4.78 is 2.01. The second-order valence-corrected chi connectivity index (χ2v) is 6.91. The van der Waals surface area contributed by atoms with Crippen molar-refractivity contribution in [3.8, 4) is 5.69 Å². The largest absolute Gasteiger partial charge is 0.316 e. The first kappa shape index (κ1) is 14.0. The average Bonchev–Trinajstić information content (AvgIpc) is 3.25. The van der Waals surface area contributed by atoms with Crippen molar-refractivity contribution in [2.24, 2.45) is 5.41 Å². The van der Waals surface area contributed by atoms with Crippen molar-refractivity contribution in [1.29, 1.82) is 0 Å². The van der Waals surface area contributed by atoms with Crippen LogP contribution in [0, 0.1) is 12.3 Å². The van der Waals surface area contributed by atoms with E-state index in [-0.39, 0.29) is 0 Å². The number of hydrogen-bond acceptors (Lipinski definition) is 3. The number of nitrogens with zero attached hydrogens (tertiary/aromatic N) is 3. The summed E-state index contributed by atoms with van der Waals surface area (Å²) in [6.45, 7) is 8.00. The third kappa shape index (κ3) is 2.57. The van der Waals surface area contributed by atoms with Crippen LogP contribution >= 0.6 is 0 Å². The highest BCUT2D eigenvalue weighted by atomic mass is 15.3. The van der Waals surface area contributed by atoms with Gasteiger partial charge < -0.3 is 5.32 Å². The van der Waals surface area contributed by atoms with E-state index in [1.54, 1.807) is 0 Å². The lowest BCUT2D eigenvalue weighted by atomic mass is 9.87. The predicted molar refractivity (Wildman–Crippen MR) is 88.1 cm³/mol. The summed E-state index contributed by atoms with van der Waals surface area (Å²) in [7, 11) is 0. The fourth-order valence-corrected chi connectivity index (χ4v) is 3.91. The maximum absolute atomic E-state index is 4.69. The van der Waals surface area contributed by atoms with Gasteiger partial charge in [0.15, 0.2) is 0 Å². The van der Waals surface area contributed by atoms with Crippen LogP contribution in [0.25, 0.3) is 5.69 Å². The van der Waals surface area contributed by atoms with E-state index in [1.807, 2.05) is 10.7 Å². The second-order valence-electron chi connectivity index (χ2n) is 6.91. The van der Waals surface area contributed by atoms with Crippen molar-refractivity contribution < 1.29 is 0 Å². The first-order valence-electron chi connectivity index (χ1n) is 8.28. The molecule has 4 nitrogen and oxygen atoms in total. The lowest BCUT2D eigenvalue weighted by Gasteiger charge is -2.22. The van der Waals surface area contributed by atoms with E-state index in [9.17, 15) is 0 Å². The SMILES string of the molecule is Cc1nn(-c2ccccc2)cc1CN1CCC2(CCNC2)C1. The van der Waals surface area contributed by atoms with Crippen molar-refractivity contribution in [3.05, 3.63) is 47.8 Å². The first-order chi connectivity index (χ1) is 10.7. The number of aryl methyl sites for hydroxylation is 1. The zero-order valence-corrected chi connectivity index (χ0v) is 13.3. The minimum Gasteiger partial charge on any atom is -0.316 e. The van der Waals surface area contributed by atoms with E-state index in [4.69, 9.17) is 0 Å². The Balaban J connectivity index is 1.49. The Morgan fingerprint density at radius 1 is 1.23 bits per heavy atom. The van der Waals surface area contributed by atoms with Crippen molar-refractivity contribution >= 4 is 0 Å². The van der Waals surface area contributed by atoms with Crippen LogP contribution in [0.2, 0.25) is 0 Å². The molecule has 1 unspecified atom stereocenters. The molecule has 1 atom stereocenters. The van der Waals surface area contributed by atoms with Crippen LogP contribution in [-0.4, -0.2) is 40.9 Å². The van der Waals surface area contributed by atoms with Crippen LogP contribution in [0.1, 0.15) is 24.1 Å². The van der Waals surface area contributed by atoms with Gasteiger partial charge in [0.2, 0.25) is 0 Å². The summed E-state index contributed by atoms with van der Waals surface area (Å²) in [5.41, 5.74) is 4.18. The monoisotopic (exact) mass is 296 g/mol. The molecule has 2 saturated heterocycles. The molecule has 4 rings (SSSR count). The van der Waals surface area contributed by atoms with Crippen molar-refractivity contribution in [2.75, 3.05) is 26.2 Å². The van der Waals surface area contributed by atoms with Gasteiger partial charge in [-0.15, -0.1) is 0 Å². The van der Waals surface area contributed by atoms with Gasteiger partial charge in [-0.1, -0.05) is 18.2 Å². The Hall–Kier alpha value is -1.65. The molecule has 2 aromatic rings. The Morgan fingerprint density at radius 3 is 2.86 bits per heavy atom. The zero-order valence-electron chi connectivity index (χ0n) is 13.3. The number of aromatic nitrogens is 2. The van der Waals surface area contributed by atoms with Gasteiger partial charge in [0.05, 0.1) is 11.4 Å². The van der Waals surface area contributed by atoms with E-state index >= 15 is 0 Å². The second kappa shape index (κ2) is 5.52. The molecule has 0 radical (unpaired) electrons. The van der Waals surface area contributed by atoms with Gasteiger partial charge >= 0.3 is 0 Å². The van der Waals surface area contributed by atoms with Crippen molar-refractivity contribution in [2.45, 2.75) is 26.3 Å². The molecule has 1 aromatic carbocycles. The van der Waals surface area contributed by atoms with E-state index in [0.29, 0.717) is 5.41 Å². The smallest absolute Gasteiger partial charge is 0.0645 e. The van der Waals surface area contributed by atoms with Gasteiger partial charge in [0.25, 0.3) is 0 Å². The molecule has 3 heterocycles. The third-order valence-corrected chi connectivity index (χ3v) is 5.26. The van der Waals surface area contributed by atoms with Crippen LogP contribution in [0.15, 0.2) is 36.5 Å². The zero-order chi connectivity index (χ0) is 15.0. The van der Waals surface area contributed by atoms with Gasteiger partial charge in [0.1, 0.15) is 0 Å². The number of likely N-dealkylation sites (tertiary alicyclic amines) is 1. The quantitative estimate of drug-likeness (QED) is 0.944. The van der Waals surface area contributed by atoms with E-state index in [0.717, 1.165) is 17.9 Å². The fourth-order valence-electron chi connectivity index (χ4n) is 3.91. The molecule has 22 heavy (non-hydrogen) atoms. The minimum absolute atomic E-state index is 0.545. The van der Waals surface area contributed by atoms with Gasteiger partial charge in [-0.25, -0.2) is 4.68 Å².